The molecule has 0 fully saturated rings. The number of benzene rings is 1. The molecule has 0 aliphatic carbocycles. The van der Waals surface area contributed by atoms with E-state index < -0.39 is 17.6 Å². The Morgan fingerprint density at radius 2 is 2.04 bits per heavy atom. The number of alkyl halides is 3. The van der Waals surface area contributed by atoms with Gasteiger partial charge in [0.2, 0.25) is 0 Å². The lowest BCUT2D eigenvalue weighted by Gasteiger charge is -2.12. The predicted octanol–water partition coefficient (Wildman–Crippen LogP) is 3.64. The lowest BCUT2D eigenvalue weighted by atomic mass is 10.1. The molecule has 0 atom stereocenters. The van der Waals surface area contributed by atoms with E-state index in [1.807, 2.05) is 6.92 Å². The normalized spacial score (nSPS) is 12.1. The summed E-state index contributed by atoms with van der Waals surface area (Å²) in [5.74, 6) is -0.232. The van der Waals surface area contributed by atoms with Gasteiger partial charge in [-0.05, 0) is 37.3 Å². The number of hydrogen-bond acceptors (Lipinski definition) is 5. The molecule has 2 rings (SSSR count). The smallest absolute Gasteiger partial charge is 0.416 e. The van der Waals surface area contributed by atoms with E-state index in [1.54, 1.807) is 12.1 Å². The van der Waals surface area contributed by atoms with Crippen LogP contribution in [0.1, 0.15) is 28.6 Å². The van der Waals surface area contributed by atoms with E-state index in [9.17, 15) is 18.0 Å². The van der Waals surface area contributed by atoms with Crippen molar-refractivity contribution in [1.82, 2.24) is 5.32 Å². The molecule has 2 aromatic rings. The van der Waals surface area contributed by atoms with Gasteiger partial charge in [-0.15, -0.1) is 0 Å². The second-order valence-electron chi connectivity index (χ2n) is 5.28. The molecule has 27 heavy (non-hydrogen) atoms. The Labute approximate surface area is 154 Å². The Bertz CT molecular complexity index is 758. The molecule has 0 radical (unpaired) electrons. The van der Waals surface area contributed by atoms with Crippen LogP contribution in [0.25, 0.3) is 0 Å². The number of amidine groups is 1. The molecule has 1 aromatic carbocycles. The summed E-state index contributed by atoms with van der Waals surface area (Å²) in [5, 5.41) is 2.38. The highest BCUT2D eigenvalue weighted by Gasteiger charge is 2.31. The summed E-state index contributed by atoms with van der Waals surface area (Å²) >= 11 is 0. The van der Waals surface area contributed by atoms with Gasteiger partial charge in [0.1, 0.15) is 18.9 Å². The minimum absolute atomic E-state index is 0.0971. The summed E-state index contributed by atoms with van der Waals surface area (Å²) in [6, 6.07) is 7.33. The SMILES string of the molecule is CCOCCOC(=NCc1ccco1)NC(=O)c1cccc(C(F)(F)F)c1. The first-order valence-electron chi connectivity index (χ1n) is 8.16. The van der Waals surface area contributed by atoms with Gasteiger partial charge in [-0.2, -0.15) is 13.2 Å². The van der Waals surface area contributed by atoms with Crippen LogP contribution in [-0.4, -0.2) is 31.7 Å². The van der Waals surface area contributed by atoms with Gasteiger partial charge in [-0.25, -0.2) is 4.99 Å². The number of ether oxygens (including phenoxy) is 2. The van der Waals surface area contributed by atoms with Crippen molar-refractivity contribution in [2.75, 3.05) is 19.8 Å². The van der Waals surface area contributed by atoms with Crippen molar-refractivity contribution >= 4 is 11.9 Å². The van der Waals surface area contributed by atoms with Crippen LogP contribution >= 0.6 is 0 Å². The second-order valence-corrected chi connectivity index (χ2v) is 5.28. The fourth-order valence-electron chi connectivity index (χ4n) is 2.02. The monoisotopic (exact) mass is 384 g/mol. The highest BCUT2D eigenvalue weighted by molar-refractivity contribution is 6.04. The van der Waals surface area contributed by atoms with E-state index in [1.165, 1.54) is 12.3 Å². The van der Waals surface area contributed by atoms with Crippen molar-refractivity contribution in [3.05, 3.63) is 59.5 Å². The van der Waals surface area contributed by atoms with Gasteiger partial charge in [0, 0.05) is 12.2 Å². The van der Waals surface area contributed by atoms with E-state index >= 15 is 0 Å². The van der Waals surface area contributed by atoms with Crippen LogP contribution < -0.4 is 5.32 Å². The number of aliphatic imine (C=N–C) groups is 1. The first-order chi connectivity index (χ1) is 12.9. The Kier molecular flexibility index (Phi) is 7.42. The van der Waals surface area contributed by atoms with Crippen molar-refractivity contribution < 1.29 is 31.9 Å². The van der Waals surface area contributed by atoms with Crippen molar-refractivity contribution in [2.24, 2.45) is 4.99 Å². The zero-order chi connectivity index (χ0) is 19.7. The Hall–Kier alpha value is -2.81. The maximum absolute atomic E-state index is 12.8. The van der Waals surface area contributed by atoms with Gasteiger partial charge in [-0.1, -0.05) is 6.07 Å². The first kappa shape index (κ1) is 20.5. The zero-order valence-electron chi connectivity index (χ0n) is 14.6. The number of rotatable bonds is 7. The highest BCUT2D eigenvalue weighted by Crippen LogP contribution is 2.29. The summed E-state index contributed by atoms with van der Waals surface area (Å²) in [5.41, 5.74) is -1.08. The average Bonchev–Trinajstić information content (AvgIpc) is 3.16. The predicted molar refractivity (Wildman–Crippen MR) is 91.2 cm³/mol. The summed E-state index contributed by atoms with van der Waals surface area (Å²) in [6.45, 7) is 2.81. The van der Waals surface area contributed by atoms with Crippen LogP contribution in [0, 0.1) is 0 Å². The maximum atomic E-state index is 12.8. The minimum Gasteiger partial charge on any atom is -0.467 e. The Morgan fingerprint density at radius 3 is 2.70 bits per heavy atom. The minimum atomic E-state index is -4.54. The number of carbonyl (C=O) groups is 1. The van der Waals surface area contributed by atoms with Gasteiger partial charge in [-0.3, -0.25) is 10.1 Å². The molecule has 1 amide bonds. The highest BCUT2D eigenvalue weighted by atomic mass is 19.4. The number of carbonyl (C=O) groups excluding carboxylic acids is 1. The largest absolute Gasteiger partial charge is 0.467 e. The maximum Gasteiger partial charge on any atom is 0.416 e. The van der Waals surface area contributed by atoms with Crippen molar-refractivity contribution in [2.45, 2.75) is 19.6 Å². The lowest BCUT2D eigenvalue weighted by Crippen LogP contribution is -2.33. The molecular weight excluding hydrogens is 365 g/mol. The molecule has 6 nitrogen and oxygen atoms in total. The third-order valence-electron chi connectivity index (χ3n) is 3.30. The van der Waals surface area contributed by atoms with Crippen molar-refractivity contribution in [3.8, 4) is 0 Å². The Balaban J connectivity index is 2.08. The van der Waals surface area contributed by atoms with Gasteiger partial charge < -0.3 is 13.9 Å². The van der Waals surface area contributed by atoms with E-state index in [2.05, 4.69) is 10.3 Å². The fourth-order valence-corrected chi connectivity index (χ4v) is 2.02. The number of nitrogens with zero attached hydrogens (tertiary/aromatic N) is 1. The molecule has 9 heteroatoms. The van der Waals surface area contributed by atoms with Crippen LogP contribution in [0.15, 0.2) is 52.1 Å². The van der Waals surface area contributed by atoms with Crippen molar-refractivity contribution in [3.63, 3.8) is 0 Å². The fraction of sp³-hybridized carbons (Fsp3) is 0.333. The van der Waals surface area contributed by atoms with E-state index in [-0.39, 0.29) is 31.3 Å². The molecule has 0 aliphatic heterocycles. The molecule has 0 unspecified atom stereocenters. The molecular formula is C18H19F3N2O4. The topological polar surface area (TPSA) is 73.1 Å². The molecule has 0 aliphatic rings. The average molecular weight is 384 g/mol. The van der Waals surface area contributed by atoms with Gasteiger partial charge in [0.05, 0.1) is 18.4 Å². The molecule has 1 N–H and O–H groups in total. The standard InChI is InChI=1S/C18H19F3N2O4/c1-2-25-9-10-27-17(22-12-15-7-4-8-26-15)23-16(24)13-5-3-6-14(11-13)18(19,20)21/h3-8,11H,2,9-10,12H2,1H3,(H,22,23,24). The molecule has 0 saturated heterocycles. The number of furan rings is 1. The van der Waals surface area contributed by atoms with E-state index in [4.69, 9.17) is 13.9 Å². The Morgan fingerprint density at radius 1 is 1.22 bits per heavy atom. The lowest BCUT2D eigenvalue weighted by molar-refractivity contribution is -0.137. The summed E-state index contributed by atoms with van der Waals surface area (Å²) in [6.07, 6.45) is -3.07. The van der Waals surface area contributed by atoms with E-state index in [0.29, 0.717) is 12.4 Å². The van der Waals surface area contributed by atoms with Crippen molar-refractivity contribution in [1.29, 1.82) is 0 Å². The van der Waals surface area contributed by atoms with Crippen LogP contribution in [0.3, 0.4) is 0 Å². The quantitative estimate of drug-likeness (QED) is 0.449. The number of halogens is 3. The second kappa shape index (κ2) is 9.77. The molecule has 1 heterocycles. The molecule has 0 spiro atoms. The molecule has 0 bridgehead atoms. The van der Waals surface area contributed by atoms with Gasteiger partial charge in [0.15, 0.2) is 0 Å². The van der Waals surface area contributed by atoms with Crippen LogP contribution in [0.5, 0.6) is 0 Å². The third kappa shape index (κ3) is 6.78. The molecule has 1 aromatic heterocycles. The van der Waals surface area contributed by atoms with Crippen LogP contribution in [0.4, 0.5) is 13.2 Å². The molecule has 0 saturated carbocycles. The molecule has 146 valence electrons. The third-order valence-corrected chi connectivity index (χ3v) is 3.30. The van der Waals surface area contributed by atoms with Crippen LogP contribution in [0.2, 0.25) is 0 Å². The number of amides is 1. The van der Waals surface area contributed by atoms with Gasteiger partial charge >= 0.3 is 6.18 Å². The van der Waals surface area contributed by atoms with E-state index in [0.717, 1.165) is 18.2 Å². The number of nitrogens with one attached hydrogen (secondary N) is 1. The summed E-state index contributed by atoms with van der Waals surface area (Å²) < 4.78 is 54.1. The summed E-state index contributed by atoms with van der Waals surface area (Å²) in [7, 11) is 0. The van der Waals surface area contributed by atoms with Crippen LogP contribution in [-0.2, 0) is 22.2 Å². The first-order valence-corrected chi connectivity index (χ1v) is 8.16. The zero-order valence-corrected chi connectivity index (χ0v) is 14.6. The number of hydrogen-bond donors (Lipinski definition) is 1. The summed E-state index contributed by atoms with van der Waals surface area (Å²) in [4.78, 5) is 16.4. The van der Waals surface area contributed by atoms with Gasteiger partial charge in [0.25, 0.3) is 11.9 Å².